The molecule has 122 valence electrons. The number of rotatable bonds is 6. The maximum absolute atomic E-state index is 13.6. The lowest BCUT2D eigenvalue weighted by atomic mass is 10.1. The number of hydrogen-bond donors (Lipinski definition) is 2. The standard InChI is InChI=1S/C12H17Cl2FN2O2S.ClH/c1-7(2)5-8(6-16)17-20(18,19)10-4-3-9(13)12(15)11(10)14;/h3-4,7-8,17H,5-6,16H2,1-2H3;1H. The van der Waals surface area contributed by atoms with E-state index in [1.165, 1.54) is 6.07 Å². The first kappa shape index (κ1) is 20.9. The van der Waals surface area contributed by atoms with Crippen LogP contribution in [0.4, 0.5) is 4.39 Å². The minimum atomic E-state index is -3.95. The van der Waals surface area contributed by atoms with Crippen LogP contribution >= 0.6 is 35.6 Å². The summed E-state index contributed by atoms with van der Waals surface area (Å²) in [6, 6.07) is 1.88. The summed E-state index contributed by atoms with van der Waals surface area (Å²) >= 11 is 11.2. The van der Waals surface area contributed by atoms with Gasteiger partial charge in [0, 0.05) is 12.6 Å². The predicted molar refractivity (Wildman–Crippen MR) is 86.3 cm³/mol. The highest BCUT2D eigenvalue weighted by Crippen LogP contribution is 2.29. The molecule has 0 amide bonds. The Morgan fingerprint density at radius 3 is 2.38 bits per heavy atom. The summed E-state index contributed by atoms with van der Waals surface area (Å²) in [5, 5.41) is -0.753. The quantitative estimate of drug-likeness (QED) is 0.746. The molecule has 9 heteroatoms. The van der Waals surface area contributed by atoms with E-state index in [2.05, 4.69) is 4.72 Å². The Kier molecular flexibility index (Phi) is 8.46. The summed E-state index contributed by atoms with van der Waals surface area (Å²) in [7, 11) is -3.95. The minimum absolute atomic E-state index is 0. The highest BCUT2D eigenvalue weighted by molar-refractivity contribution is 7.89. The number of benzene rings is 1. The van der Waals surface area contributed by atoms with Gasteiger partial charge >= 0.3 is 0 Å². The number of halogens is 4. The fourth-order valence-electron chi connectivity index (χ4n) is 1.76. The fourth-order valence-corrected chi connectivity index (χ4v) is 3.77. The summed E-state index contributed by atoms with van der Waals surface area (Å²) in [6.45, 7) is 4.04. The molecule has 0 spiro atoms. The molecule has 0 radical (unpaired) electrons. The molecule has 3 N–H and O–H groups in total. The van der Waals surface area contributed by atoms with Crippen molar-refractivity contribution in [2.75, 3.05) is 6.54 Å². The van der Waals surface area contributed by atoms with Gasteiger partial charge in [0.1, 0.15) is 4.90 Å². The highest BCUT2D eigenvalue weighted by Gasteiger charge is 2.25. The first-order valence-corrected chi connectivity index (χ1v) is 8.28. The predicted octanol–water partition coefficient (Wildman–Crippen LogP) is 3.21. The van der Waals surface area contributed by atoms with Gasteiger partial charge < -0.3 is 5.73 Å². The van der Waals surface area contributed by atoms with Crippen LogP contribution in [-0.2, 0) is 10.0 Å². The third-order valence-corrected chi connectivity index (χ3v) is 4.99. The van der Waals surface area contributed by atoms with Crippen LogP contribution in [0.15, 0.2) is 17.0 Å². The first-order valence-electron chi connectivity index (χ1n) is 6.05. The molecule has 0 heterocycles. The van der Waals surface area contributed by atoms with Crippen molar-refractivity contribution in [2.24, 2.45) is 11.7 Å². The van der Waals surface area contributed by atoms with Crippen molar-refractivity contribution in [1.82, 2.24) is 4.72 Å². The van der Waals surface area contributed by atoms with Gasteiger partial charge in [0.15, 0.2) is 5.82 Å². The summed E-state index contributed by atoms with van der Waals surface area (Å²) in [5.74, 6) is -0.687. The SMILES string of the molecule is CC(C)CC(CN)NS(=O)(=O)c1ccc(Cl)c(F)c1Cl.Cl. The van der Waals surface area contributed by atoms with Gasteiger partial charge in [-0.2, -0.15) is 0 Å². The molecule has 0 aliphatic heterocycles. The average molecular weight is 380 g/mol. The molecule has 0 bridgehead atoms. The van der Waals surface area contributed by atoms with Gasteiger partial charge in [0.25, 0.3) is 0 Å². The van der Waals surface area contributed by atoms with E-state index < -0.39 is 26.9 Å². The van der Waals surface area contributed by atoms with Crippen LogP contribution < -0.4 is 10.5 Å². The molecule has 0 aromatic heterocycles. The monoisotopic (exact) mass is 378 g/mol. The largest absolute Gasteiger partial charge is 0.329 e. The van der Waals surface area contributed by atoms with Crippen LogP contribution in [0.3, 0.4) is 0 Å². The fraction of sp³-hybridized carbons (Fsp3) is 0.500. The molecule has 0 aliphatic carbocycles. The molecular formula is C12H18Cl3FN2O2S. The summed E-state index contributed by atoms with van der Waals surface area (Å²) in [4.78, 5) is -0.344. The van der Waals surface area contributed by atoms with E-state index >= 15 is 0 Å². The second-order valence-electron chi connectivity index (χ2n) is 4.86. The molecule has 0 saturated heterocycles. The zero-order valence-electron chi connectivity index (χ0n) is 11.6. The molecule has 1 rings (SSSR count). The van der Waals surface area contributed by atoms with E-state index in [4.69, 9.17) is 28.9 Å². The maximum Gasteiger partial charge on any atom is 0.242 e. The van der Waals surface area contributed by atoms with Crippen molar-refractivity contribution in [3.63, 3.8) is 0 Å². The van der Waals surface area contributed by atoms with E-state index in [0.29, 0.717) is 6.42 Å². The van der Waals surface area contributed by atoms with E-state index in [1.54, 1.807) is 0 Å². The Balaban J connectivity index is 0.00000400. The normalized spacial score (nSPS) is 13.1. The van der Waals surface area contributed by atoms with Crippen LogP contribution in [-0.4, -0.2) is 21.0 Å². The Labute approximate surface area is 140 Å². The Morgan fingerprint density at radius 2 is 1.90 bits per heavy atom. The van der Waals surface area contributed by atoms with Gasteiger partial charge in [-0.05, 0) is 24.5 Å². The molecule has 0 aliphatic rings. The smallest absolute Gasteiger partial charge is 0.242 e. The topological polar surface area (TPSA) is 72.2 Å². The van der Waals surface area contributed by atoms with E-state index in [9.17, 15) is 12.8 Å². The van der Waals surface area contributed by atoms with Crippen LogP contribution in [0.25, 0.3) is 0 Å². The molecule has 4 nitrogen and oxygen atoms in total. The van der Waals surface area contributed by atoms with Crippen molar-refractivity contribution in [1.29, 1.82) is 0 Å². The Bertz CT molecular complexity index is 582. The molecule has 1 atom stereocenters. The van der Waals surface area contributed by atoms with Crippen LogP contribution in [0.2, 0.25) is 10.0 Å². The lowest BCUT2D eigenvalue weighted by molar-refractivity contribution is 0.465. The van der Waals surface area contributed by atoms with Gasteiger partial charge in [-0.3, -0.25) is 0 Å². The molecule has 0 saturated carbocycles. The zero-order valence-corrected chi connectivity index (χ0v) is 14.7. The number of nitrogens with one attached hydrogen (secondary N) is 1. The first-order chi connectivity index (χ1) is 9.19. The van der Waals surface area contributed by atoms with Gasteiger partial charge in [-0.15, -0.1) is 12.4 Å². The zero-order chi connectivity index (χ0) is 15.5. The molecule has 1 unspecified atom stereocenters. The summed E-state index contributed by atoms with van der Waals surface area (Å²) in [6.07, 6.45) is 0.573. The lowest BCUT2D eigenvalue weighted by Gasteiger charge is -2.19. The molecule has 0 fully saturated rings. The molecule has 1 aromatic carbocycles. The van der Waals surface area contributed by atoms with Crippen LogP contribution in [0.1, 0.15) is 20.3 Å². The van der Waals surface area contributed by atoms with Crippen molar-refractivity contribution in [3.8, 4) is 0 Å². The van der Waals surface area contributed by atoms with Gasteiger partial charge in [0.05, 0.1) is 10.0 Å². The maximum atomic E-state index is 13.6. The number of sulfonamides is 1. The summed E-state index contributed by atoms with van der Waals surface area (Å²) < 4.78 is 40.4. The number of hydrogen-bond acceptors (Lipinski definition) is 3. The van der Waals surface area contributed by atoms with Gasteiger partial charge in [0.2, 0.25) is 10.0 Å². The molecule has 1 aromatic rings. The summed E-state index contributed by atoms with van der Waals surface area (Å²) in [5.41, 5.74) is 5.54. The van der Waals surface area contributed by atoms with Crippen molar-refractivity contribution < 1.29 is 12.8 Å². The molecule has 21 heavy (non-hydrogen) atoms. The minimum Gasteiger partial charge on any atom is -0.329 e. The van der Waals surface area contributed by atoms with Gasteiger partial charge in [-0.1, -0.05) is 37.0 Å². The van der Waals surface area contributed by atoms with Crippen LogP contribution in [0, 0.1) is 11.7 Å². The highest BCUT2D eigenvalue weighted by atomic mass is 35.5. The second kappa shape index (κ2) is 8.50. The Morgan fingerprint density at radius 1 is 1.33 bits per heavy atom. The second-order valence-corrected chi connectivity index (χ2v) is 7.32. The van der Waals surface area contributed by atoms with E-state index in [0.717, 1.165) is 6.07 Å². The van der Waals surface area contributed by atoms with E-state index in [-0.39, 0.29) is 34.8 Å². The van der Waals surface area contributed by atoms with Gasteiger partial charge in [-0.25, -0.2) is 17.5 Å². The van der Waals surface area contributed by atoms with Crippen LogP contribution in [0.5, 0.6) is 0 Å². The Hall–Kier alpha value is -0.110. The van der Waals surface area contributed by atoms with E-state index in [1.807, 2.05) is 13.8 Å². The molecular weight excluding hydrogens is 362 g/mol. The van der Waals surface area contributed by atoms with Crippen molar-refractivity contribution >= 4 is 45.6 Å². The lowest BCUT2D eigenvalue weighted by Crippen LogP contribution is -2.41. The number of nitrogens with two attached hydrogens (primary N) is 1. The van der Waals surface area contributed by atoms with Crippen molar-refractivity contribution in [3.05, 3.63) is 28.0 Å². The van der Waals surface area contributed by atoms with Crippen molar-refractivity contribution in [2.45, 2.75) is 31.2 Å². The average Bonchev–Trinajstić information content (AvgIpc) is 2.33. The third kappa shape index (κ3) is 5.54. The third-order valence-electron chi connectivity index (χ3n) is 2.65.